The molecule has 0 radical (unpaired) electrons. The van der Waals surface area contributed by atoms with E-state index in [0.29, 0.717) is 12.2 Å². The van der Waals surface area contributed by atoms with Crippen molar-refractivity contribution in [1.82, 2.24) is 10.2 Å². The topological polar surface area (TPSA) is 88.1 Å². The number of benzene rings is 1. The molecule has 2 rings (SSSR count). The number of ether oxygens (including phenoxy) is 2. The van der Waals surface area contributed by atoms with Gasteiger partial charge in [0.15, 0.2) is 0 Å². The van der Waals surface area contributed by atoms with Crippen LogP contribution in [0.5, 0.6) is 0 Å². The first-order chi connectivity index (χ1) is 12.7. The second kappa shape index (κ2) is 8.94. The number of piperidine rings is 1. The summed E-state index contributed by atoms with van der Waals surface area (Å²) < 4.78 is 47.9. The van der Waals surface area contributed by atoms with Gasteiger partial charge in [0.1, 0.15) is 6.10 Å². The average molecular weight is 390 g/mol. The minimum atomic E-state index is -4.44. The van der Waals surface area contributed by atoms with E-state index in [0.717, 1.165) is 12.1 Å². The lowest BCUT2D eigenvalue weighted by Crippen LogP contribution is -2.50. The Bertz CT molecular complexity index is 651. The highest BCUT2D eigenvalue weighted by molar-refractivity contribution is 5.74. The summed E-state index contributed by atoms with van der Waals surface area (Å²) in [5, 5.41) is 11.5. The van der Waals surface area contributed by atoms with Gasteiger partial charge in [-0.05, 0) is 24.1 Å². The molecule has 2 atom stereocenters. The Balaban J connectivity index is 2.13. The van der Waals surface area contributed by atoms with Crippen molar-refractivity contribution in [3.05, 3.63) is 35.4 Å². The van der Waals surface area contributed by atoms with Crippen molar-refractivity contribution in [3.8, 4) is 0 Å². The van der Waals surface area contributed by atoms with Gasteiger partial charge in [-0.25, -0.2) is 9.59 Å². The van der Waals surface area contributed by atoms with Crippen LogP contribution in [0.2, 0.25) is 0 Å². The molecule has 0 aliphatic carbocycles. The number of nitrogens with one attached hydrogen (secondary N) is 1. The van der Waals surface area contributed by atoms with Gasteiger partial charge in [-0.2, -0.15) is 13.2 Å². The van der Waals surface area contributed by atoms with Gasteiger partial charge in [-0.3, -0.25) is 0 Å². The maximum absolute atomic E-state index is 12.7. The van der Waals surface area contributed by atoms with Crippen LogP contribution in [0.25, 0.3) is 0 Å². The quantitative estimate of drug-likeness (QED) is 0.596. The van der Waals surface area contributed by atoms with Crippen LogP contribution in [-0.4, -0.2) is 61.6 Å². The van der Waals surface area contributed by atoms with Crippen LogP contribution >= 0.6 is 0 Å². The molecule has 150 valence electrons. The fourth-order valence-corrected chi connectivity index (χ4v) is 3.00. The molecule has 2 N–H and O–H groups in total. The molecule has 7 nitrogen and oxygen atoms in total. The molecule has 0 aromatic heterocycles. The van der Waals surface area contributed by atoms with Crippen LogP contribution in [0.1, 0.15) is 23.5 Å². The van der Waals surface area contributed by atoms with Gasteiger partial charge in [-0.15, -0.1) is 0 Å². The second-order valence-electron chi connectivity index (χ2n) is 6.19. The monoisotopic (exact) mass is 390 g/mol. The Labute approximate surface area is 154 Å². The number of hydrogen-bond acceptors (Lipinski definition) is 4. The molecule has 1 aliphatic rings. The van der Waals surface area contributed by atoms with Gasteiger partial charge in [0.2, 0.25) is 0 Å². The zero-order valence-corrected chi connectivity index (χ0v) is 14.7. The number of methoxy groups -OCH3 is 1. The van der Waals surface area contributed by atoms with E-state index >= 15 is 0 Å². The fourth-order valence-electron chi connectivity index (χ4n) is 3.00. The molecule has 10 heteroatoms. The summed E-state index contributed by atoms with van der Waals surface area (Å²) >= 11 is 0. The zero-order valence-electron chi connectivity index (χ0n) is 14.7. The highest BCUT2D eigenvalue weighted by atomic mass is 19.4. The van der Waals surface area contributed by atoms with E-state index in [-0.39, 0.29) is 32.0 Å². The van der Waals surface area contributed by atoms with E-state index < -0.39 is 30.0 Å². The van der Waals surface area contributed by atoms with Crippen molar-refractivity contribution < 1.29 is 37.3 Å². The molecule has 1 fully saturated rings. The molecule has 1 aromatic rings. The lowest BCUT2D eigenvalue weighted by atomic mass is 9.88. The van der Waals surface area contributed by atoms with Crippen molar-refractivity contribution >= 4 is 12.2 Å². The molecule has 1 heterocycles. The maximum Gasteiger partial charge on any atom is 0.506 e. The SMILES string of the molecule is COCCNC(=O)N1CC(OC(=O)O)CC(c2ccc(C(F)(F)F)cc2)C1. The number of alkyl halides is 3. The lowest BCUT2D eigenvalue weighted by molar-refractivity contribution is -0.137. The Morgan fingerprint density at radius 3 is 2.48 bits per heavy atom. The molecule has 0 bridgehead atoms. The Hall–Kier alpha value is -2.49. The predicted octanol–water partition coefficient (Wildman–Crippen LogP) is 2.91. The molecule has 1 saturated heterocycles. The molecule has 2 unspecified atom stereocenters. The molecule has 27 heavy (non-hydrogen) atoms. The van der Waals surface area contributed by atoms with Crippen molar-refractivity contribution in [2.24, 2.45) is 0 Å². The van der Waals surface area contributed by atoms with Crippen LogP contribution < -0.4 is 5.32 Å². The van der Waals surface area contributed by atoms with Gasteiger partial charge in [0.25, 0.3) is 0 Å². The number of carboxylic acid groups (broad SMARTS) is 1. The molecular formula is C17H21F3N2O5. The van der Waals surface area contributed by atoms with Gasteiger partial charge < -0.3 is 24.8 Å². The van der Waals surface area contributed by atoms with Crippen LogP contribution in [0, 0.1) is 0 Å². The first-order valence-electron chi connectivity index (χ1n) is 8.29. The van der Waals surface area contributed by atoms with E-state index in [1.54, 1.807) is 0 Å². The third-order valence-electron chi connectivity index (χ3n) is 4.26. The van der Waals surface area contributed by atoms with Crippen LogP contribution in [-0.2, 0) is 15.7 Å². The van der Waals surface area contributed by atoms with Crippen molar-refractivity contribution in [3.63, 3.8) is 0 Å². The first kappa shape index (κ1) is 20.8. The molecule has 0 spiro atoms. The largest absolute Gasteiger partial charge is 0.506 e. The van der Waals surface area contributed by atoms with E-state index in [2.05, 4.69) is 5.32 Å². The third-order valence-corrected chi connectivity index (χ3v) is 4.26. The summed E-state index contributed by atoms with van der Waals surface area (Å²) in [5.41, 5.74) is -0.189. The summed E-state index contributed by atoms with van der Waals surface area (Å²) in [6, 6.07) is 4.22. The number of rotatable bonds is 5. The van der Waals surface area contributed by atoms with E-state index in [1.807, 2.05) is 0 Å². The minimum Gasteiger partial charge on any atom is -0.450 e. The highest BCUT2D eigenvalue weighted by Gasteiger charge is 2.34. The normalized spacial score (nSPS) is 20.2. The summed E-state index contributed by atoms with van der Waals surface area (Å²) in [4.78, 5) is 24.5. The molecule has 0 saturated carbocycles. The number of carbonyl (C=O) groups is 2. The second-order valence-corrected chi connectivity index (χ2v) is 6.19. The van der Waals surface area contributed by atoms with Gasteiger partial charge in [0.05, 0.1) is 18.7 Å². The number of amides is 2. The number of nitrogens with zero attached hydrogens (tertiary/aromatic N) is 1. The predicted molar refractivity (Wildman–Crippen MR) is 88.5 cm³/mol. The molecule has 1 aliphatic heterocycles. The zero-order chi connectivity index (χ0) is 20.0. The van der Waals surface area contributed by atoms with Crippen molar-refractivity contribution in [2.45, 2.75) is 24.6 Å². The van der Waals surface area contributed by atoms with E-state index in [9.17, 15) is 22.8 Å². The number of likely N-dealkylation sites (tertiary alicyclic amines) is 1. The molecule has 1 aromatic carbocycles. The van der Waals surface area contributed by atoms with Crippen molar-refractivity contribution in [2.75, 3.05) is 33.4 Å². The fraction of sp³-hybridized carbons (Fsp3) is 0.529. The number of hydrogen-bond donors (Lipinski definition) is 2. The Morgan fingerprint density at radius 1 is 1.26 bits per heavy atom. The van der Waals surface area contributed by atoms with Crippen LogP contribution in [0.15, 0.2) is 24.3 Å². The van der Waals surface area contributed by atoms with Crippen LogP contribution in [0.4, 0.5) is 22.8 Å². The lowest BCUT2D eigenvalue weighted by Gasteiger charge is -2.37. The van der Waals surface area contributed by atoms with Gasteiger partial charge >= 0.3 is 18.4 Å². The summed E-state index contributed by atoms with van der Waals surface area (Å²) in [7, 11) is 1.49. The Morgan fingerprint density at radius 2 is 1.93 bits per heavy atom. The standard InChI is InChI=1S/C17H21F3N2O5/c1-26-7-6-21-15(23)22-9-12(8-14(10-22)27-16(24)25)11-2-4-13(5-3-11)17(18,19)20/h2-5,12,14H,6-10H2,1H3,(H,21,23)(H,24,25). The summed E-state index contributed by atoms with van der Waals surface area (Å²) in [5.74, 6) is -0.349. The Kier molecular flexibility index (Phi) is 6.89. The van der Waals surface area contributed by atoms with Gasteiger partial charge in [0, 0.05) is 26.1 Å². The van der Waals surface area contributed by atoms with E-state index in [1.165, 1.54) is 24.1 Å². The van der Waals surface area contributed by atoms with Gasteiger partial charge in [-0.1, -0.05) is 12.1 Å². The average Bonchev–Trinajstić information content (AvgIpc) is 2.60. The summed E-state index contributed by atoms with van der Waals surface area (Å²) in [6.45, 7) is 0.907. The maximum atomic E-state index is 12.7. The third kappa shape index (κ3) is 6.02. The summed E-state index contributed by atoms with van der Waals surface area (Å²) in [6.07, 6.45) is -6.39. The minimum absolute atomic E-state index is 0.0717. The number of urea groups is 1. The molecular weight excluding hydrogens is 369 g/mol. The molecule has 2 amide bonds. The smallest absolute Gasteiger partial charge is 0.450 e. The highest BCUT2D eigenvalue weighted by Crippen LogP contribution is 2.33. The van der Waals surface area contributed by atoms with Crippen LogP contribution in [0.3, 0.4) is 0 Å². The van der Waals surface area contributed by atoms with Crippen molar-refractivity contribution in [1.29, 1.82) is 0 Å². The van der Waals surface area contributed by atoms with E-state index in [4.69, 9.17) is 14.6 Å². The number of halogens is 3. The number of carbonyl (C=O) groups excluding carboxylic acids is 1. The first-order valence-corrected chi connectivity index (χ1v) is 8.29.